The van der Waals surface area contributed by atoms with Crippen molar-refractivity contribution < 1.29 is 23.1 Å². The molecule has 9 nitrogen and oxygen atoms in total. The molecule has 1 fully saturated rings. The van der Waals surface area contributed by atoms with Crippen LogP contribution in [0.1, 0.15) is 4.88 Å². The van der Waals surface area contributed by atoms with E-state index in [1.165, 1.54) is 15.9 Å². The minimum atomic E-state index is -0.913. The van der Waals surface area contributed by atoms with Crippen LogP contribution >= 0.6 is 11.3 Å². The first-order valence-corrected chi connectivity index (χ1v) is 12.6. The van der Waals surface area contributed by atoms with Crippen LogP contribution in [0.15, 0.2) is 45.6 Å². The number of oxazole rings is 1. The fraction of sp³-hybridized carbons (Fsp3) is 0.346. The smallest absolute Gasteiger partial charge is 0.408 e. The van der Waals surface area contributed by atoms with E-state index in [1.54, 1.807) is 26.3 Å². The Bertz CT molecular complexity index is 1570. The number of thiophene rings is 1. The summed E-state index contributed by atoms with van der Waals surface area (Å²) in [5, 5.41) is 15.9. The summed E-state index contributed by atoms with van der Waals surface area (Å²) in [5.74, 6) is -1.29. The lowest BCUT2D eigenvalue weighted by molar-refractivity contribution is -0.133. The van der Waals surface area contributed by atoms with E-state index in [1.807, 2.05) is 24.3 Å². The SMILES string of the molecule is COC1CNC[C@H](C(=O)N[C@@H](C#N)Cc2sc3ccc(-c4ccc5oc(=O)n(C)c5c4)cc3c2F)OC1. The maximum atomic E-state index is 15.4. The van der Waals surface area contributed by atoms with Gasteiger partial charge in [-0.05, 0) is 35.4 Å². The summed E-state index contributed by atoms with van der Waals surface area (Å²) >= 11 is 1.25. The number of carbonyl (C=O) groups excluding carboxylic acids is 1. The largest absolute Gasteiger partial charge is 0.419 e. The van der Waals surface area contributed by atoms with Crippen molar-refractivity contribution in [1.29, 1.82) is 5.26 Å². The summed E-state index contributed by atoms with van der Waals surface area (Å²) in [6.45, 7) is 1.11. The second-order valence-electron chi connectivity index (χ2n) is 8.89. The number of aromatic nitrogens is 1. The molecule has 11 heteroatoms. The van der Waals surface area contributed by atoms with Gasteiger partial charge in [0.25, 0.3) is 5.91 Å². The fourth-order valence-electron chi connectivity index (χ4n) is 4.35. The highest BCUT2D eigenvalue weighted by molar-refractivity contribution is 7.19. The van der Waals surface area contributed by atoms with Gasteiger partial charge < -0.3 is 24.5 Å². The average molecular weight is 525 g/mol. The summed E-state index contributed by atoms with van der Waals surface area (Å²) in [5.41, 5.74) is 2.72. The van der Waals surface area contributed by atoms with E-state index < -0.39 is 29.6 Å². The predicted molar refractivity (Wildman–Crippen MR) is 137 cm³/mol. The molecule has 1 aliphatic heterocycles. The third-order valence-corrected chi connectivity index (χ3v) is 7.66. The normalized spacial score (nSPS) is 19.0. The van der Waals surface area contributed by atoms with E-state index in [4.69, 9.17) is 13.9 Å². The number of carbonyl (C=O) groups is 1. The Balaban J connectivity index is 1.34. The Morgan fingerprint density at radius 2 is 2.11 bits per heavy atom. The maximum Gasteiger partial charge on any atom is 0.419 e. The van der Waals surface area contributed by atoms with Crippen LogP contribution in [-0.4, -0.2) is 55.5 Å². The van der Waals surface area contributed by atoms with Gasteiger partial charge >= 0.3 is 5.76 Å². The molecular formula is C26H25FN4O5S. The third-order valence-electron chi connectivity index (χ3n) is 6.49. The Kier molecular flexibility index (Phi) is 7.08. The molecule has 37 heavy (non-hydrogen) atoms. The number of nitrogens with zero attached hydrogens (tertiary/aromatic N) is 2. The van der Waals surface area contributed by atoms with Crippen LogP contribution in [0.25, 0.3) is 32.3 Å². The molecule has 1 unspecified atom stereocenters. The summed E-state index contributed by atoms with van der Waals surface area (Å²) in [7, 11) is 3.21. The van der Waals surface area contributed by atoms with E-state index in [0.29, 0.717) is 34.5 Å². The van der Waals surface area contributed by atoms with Crippen molar-refractivity contribution in [3.8, 4) is 17.2 Å². The lowest BCUT2D eigenvalue weighted by atomic mass is 10.0. The van der Waals surface area contributed by atoms with E-state index in [2.05, 4.69) is 16.7 Å². The van der Waals surface area contributed by atoms with Crippen LogP contribution in [0.5, 0.6) is 0 Å². The van der Waals surface area contributed by atoms with Gasteiger partial charge in [0, 0.05) is 48.6 Å². The summed E-state index contributed by atoms with van der Waals surface area (Å²) in [6.07, 6.45) is -0.888. The van der Waals surface area contributed by atoms with Crippen molar-refractivity contribution in [2.24, 2.45) is 7.05 Å². The minimum absolute atomic E-state index is 0.0344. The number of benzene rings is 2. The first kappa shape index (κ1) is 25.1. The van der Waals surface area contributed by atoms with Crippen molar-refractivity contribution in [2.45, 2.75) is 24.7 Å². The highest BCUT2D eigenvalue weighted by Crippen LogP contribution is 2.34. The number of methoxy groups -OCH3 is 1. The van der Waals surface area contributed by atoms with Gasteiger partial charge in [0.15, 0.2) is 5.58 Å². The quantitative estimate of drug-likeness (QED) is 0.398. The molecule has 1 saturated heterocycles. The highest BCUT2D eigenvalue weighted by atomic mass is 32.1. The molecule has 2 N–H and O–H groups in total. The number of nitriles is 1. The van der Waals surface area contributed by atoms with Crippen molar-refractivity contribution in [3.05, 3.63) is 57.6 Å². The maximum absolute atomic E-state index is 15.4. The summed E-state index contributed by atoms with van der Waals surface area (Å²) in [4.78, 5) is 24.9. The predicted octanol–water partition coefficient (Wildman–Crippen LogP) is 2.71. The lowest BCUT2D eigenvalue weighted by Gasteiger charge is -2.18. The molecule has 3 heterocycles. The standard InChI is InChI=1S/C26H25FN4O5S/c1-31-19-8-15(3-5-20(19)36-26(31)33)14-4-6-22-18(7-14)24(27)23(37-22)9-16(10-28)30-25(32)21-12-29-11-17(34-2)13-35-21/h3-8,16-17,21,29H,9,11-13H2,1-2H3,(H,30,32)/t16-,17?,21-/m1/s1. The van der Waals surface area contributed by atoms with Crippen molar-refractivity contribution in [3.63, 3.8) is 0 Å². The fourth-order valence-corrected chi connectivity index (χ4v) is 5.46. The second kappa shape index (κ2) is 10.4. The minimum Gasteiger partial charge on any atom is -0.408 e. The Morgan fingerprint density at radius 1 is 1.32 bits per heavy atom. The van der Waals surface area contributed by atoms with Gasteiger partial charge in [-0.1, -0.05) is 12.1 Å². The molecule has 2 aromatic carbocycles. The number of amides is 1. The number of ether oxygens (including phenoxy) is 2. The number of halogens is 1. The van der Waals surface area contributed by atoms with Crippen LogP contribution in [0.3, 0.4) is 0 Å². The number of nitrogens with one attached hydrogen (secondary N) is 2. The monoisotopic (exact) mass is 524 g/mol. The van der Waals surface area contributed by atoms with E-state index in [0.717, 1.165) is 15.8 Å². The lowest BCUT2D eigenvalue weighted by Crippen LogP contribution is -2.46. The molecule has 1 aliphatic rings. The number of aryl methyl sites for hydroxylation is 1. The molecule has 0 saturated carbocycles. The average Bonchev–Trinajstić information content (AvgIpc) is 3.24. The Labute approximate surface area is 215 Å². The molecule has 0 spiro atoms. The molecule has 3 atom stereocenters. The van der Waals surface area contributed by atoms with Gasteiger partial charge in [-0.2, -0.15) is 5.26 Å². The highest BCUT2D eigenvalue weighted by Gasteiger charge is 2.27. The van der Waals surface area contributed by atoms with E-state index in [-0.39, 0.29) is 19.1 Å². The molecule has 5 rings (SSSR count). The van der Waals surface area contributed by atoms with Gasteiger partial charge in [0.1, 0.15) is 18.0 Å². The van der Waals surface area contributed by atoms with Crippen molar-refractivity contribution >= 4 is 38.4 Å². The molecule has 0 radical (unpaired) electrons. The van der Waals surface area contributed by atoms with Crippen LogP contribution in [0, 0.1) is 17.1 Å². The van der Waals surface area contributed by atoms with E-state index in [9.17, 15) is 14.9 Å². The summed E-state index contributed by atoms with van der Waals surface area (Å²) in [6, 6.07) is 12.0. The van der Waals surface area contributed by atoms with Crippen LogP contribution in [0.4, 0.5) is 4.39 Å². The number of fused-ring (bicyclic) bond motifs is 2. The topological polar surface area (TPSA) is 119 Å². The molecule has 0 aliphatic carbocycles. The van der Waals surface area contributed by atoms with E-state index >= 15 is 4.39 Å². The van der Waals surface area contributed by atoms with Crippen LogP contribution in [-0.2, 0) is 27.7 Å². The van der Waals surface area contributed by atoms with Gasteiger partial charge in [-0.3, -0.25) is 9.36 Å². The molecular weight excluding hydrogens is 499 g/mol. The Hall–Kier alpha value is -3.56. The first-order valence-electron chi connectivity index (χ1n) is 11.7. The zero-order chi connectivity index (χ0) is 26.1. The number of rotatable bonds is 6. The summed E-state index contributed by atoms with van der Waals surface area (Å²) < 4.78 is 33.7. The molecule has 2 aromatic heterocycles. The zero-order valence-electron chi connectivity index (χ0n) is 20.2. The molecule has 0 bridgehead atoms. The first-order chi connectivity index (χ1) is 17.9. The zero-order valence-corrected chi connectivity index (χ0v) is 21.1. The van der Waals surface area contributed by atoms with Crippen molar-refractivity contribution in [1.82, 2.24) is 15.2 Å². The van der Waals surface area contributed by atoms with Gasteiger partial charge in [0.2, 0.25) is 0 Å². The Morgan fingerprint density at radius 3 is 2.89 bits per heavy atom. The van der Waals surface area contributed by atoms with Crippen molar-refractivity contribution in [2.75, 3.05) is 26.8 Å². The third kappa shape index (κ3) is 5.01. The number of hydrogen-bond acceptors (Lipinski definition) is 8. The van der Waals surface area contributed by atoms with Gasteiger partial charge in [-0.15, -0.1) is 11.3 Å². The van der Waals surface area contributed by atoms with Crippen LogP contribution in [0.2, 0.25) is 0 Å². The molecule has 4 aromatic rings. The number of hydrogen-bond donors (Lipinski definition) is 2. The second-order valence-corrected chi connectivity index (χ2v) is 10.0. The molecule has 1 amide bonds. The molecule has 192 valence electrons. The van der Waals surface area contributed by atoms with Crippen LogP contribution < -0.4 is 16.4 Å². The van der Waals surface area contributed by atoms with Gasteiger partial charge in [0.05, 0.1) is 24.3 Å². The van der Waals surface area contributed by atoms with Gasteiger partial charge in [-0.25, -0.2) is 9.18 Å².